The van der Waals surface area contributed by atoms with Crippen molar-refractivity contribution in [3.63, 3.8) is 0 Å². The van der Waals surface area contributed by atoms with Crippen LogP contribution in [0.3, 0.4) is 0 Å². The predicted molar refractivity (Wildman–Crippen MR) is 82.1 cm³/mol. The SMILES string of the molecule is CC(NC(=O)c1cc(Cl)nnc1Cl)c1cccc(Br)c1. The van der Waals surface area contributed by atoms with Crippen molar-refractivity contribution in [2.75, 3.05) is 0 Å². The monoisotopic (exact) mass is 373 g/mol. The van der Waals surface area contributed by atoms with Crippen LogP contribution in [0.25, 0.3) is 0 Å². The molecule has 0 saturated heterocycles. The van der Waals surface area contributed by atoms with E-state index in [-0.39, 0.29) is 27.8 Å². The minimum Gasteiger partial charge on any atom is -0.345 e. The summed E-state index contributed by atoms with van der Waals surface area (Å²) in [7, 11) is 0. The van der Waals surface area contributed by atoms with Gasteiger partial charge in [0, 0.05) is 4.47 Å². The molecule has 0 fully saturated rings. The van der Waals surface area contributed by atoms with E-state index in [1.54, 1.807) is 0 Å². The van der Waals surface area contributed by atoms with Crippen LogP contribution >= 0.6 is 39.1 Å². The van der Waals surface area contributed by atoms with Crippen LogP contribution in [-0.2, 0) is 0 Å². The number of hydrogen-bond donors (Lipinski definition) is 1. The molecule has 2 aromatic rings. The number of benzene rings is 1. The summed E-state index contributed by atoms with van der Waals surface area (Å²) >= 11 is 15.0. The Morgan fingerprint density at radius 2 is 2.05 bits per heavy atom. The van der Waals surface area contributed by atoms with Crippen molar-refractivity contribution in [1.82, 2.24) is 15.5 Å². The summed E-state index contributed by atoms with van der Waals surface area (Å²) < 4.78 is 0.947. The number of nitrogens with one attached hydrogen (secondary N) is 1. The Kier molecular flexibility index (Phi) is 4.96. The number of halogens is 3. The molecule has 4 nitrogen and oxygen atoms in total. The molecule has 2 rings (SSSR count). The molecule has 1 aromatic carbocycles. The van der Waals surface area contributed by atoms with Crippen molar-refractivity contribution in [2.24, 2.45) is 0 Å². The minimum absolute atomic E-state index is 0.0216. The molecule has 20 heavy (non-hydrogen) atoms. The number of carbonyl (C=O) groups excluding carboxylic acids is 1. The fourth-order valence-corrected chi connectivity index (χ4v) is 2.39. The highest BCUT2D eigenvalue weighted by Crippen LogP contribution is 2.20. The summed E-state index contributed by atoms with van der Waals surface area (Å²) in [6.07, 6.45) is 0. The largest absolute Gasteiger partial charge is 0.345 e. The average molecular weight is 375 g/mol. The smallest absolute Gasteiger partial charge is 0.255 e. The first kappa shape index (κ1) is 15.2. The quantitative estimate of drug-likeness (QED) is 0.881. The molecule has 1 heterocycles. The molecule has 1 amide bonds. The van der Waals surface area contributed by atoms with Gasteiger partial charge in [-0.25, -0.2) is 0 Å². The molecule has 1 atom stereocenters. The molecule has 104 valence electrons. The maximum Gasteiger partial charge on any atom is 0.255 e. The first-order valence-electron chi connectivity index (χ1n) is 5.72. The Labute approximate surface area is 134 Å². The highest BCUT2D eigenvalue weighted by molar-refractivity contribution is 9.10. The standard InChI is InChI=1S/C13H10BrCl2N3O/c1-7(8-3-2-4-9(14)5-8)17-13(20)10-6-11(15)18-19-12(10)16/h2-7H,1H3,(H,17,20). The summed E-state index contributed by atoms with van der Waals surface area (Å²) in [4.78, 5) is 12.2. The van der Waals surface area contributed by atoms with Gasteiger partial charge in [-0.15, -0.1) is 10.2 Å². The lowest BCUT2D eigenvalue weighted by atomic mass is 10.1. The minimum atomic E-state index is -0.348. The second kappa shape index (κ2) is 6.52. The van der Waals surface area contributed by atoms with E-state index in [4.69, 9.17) is 23.2 Å². The van der Waals surface area contributed by atoms with E-state index < -0.39 is 0 Å². The van der Waals surface area contributed by atoms with E-state index >= 15 is 0 Å². The Morgan fingerprint density at radius 1 is 1.30 bits per heavy atom. The van der Waals surface area contributed by atoms with Gasteiger partial charge in [0.25, 0.3) is 5.91 Å². The van der Waals surface area contributed by atoms with Crippen LogP contribution in [0.4, 0.5) is 0 Å². The molecule has 0 spiro atoms. The van der Waals surface area contributed by atoms with E-state index in [2.05, 4.69) is 31.4 Å². The van der Waals surface area contributed by atoms with E-state index in [0.717, 1.165) is 10.0 Å². The van der Waals surface area contributed by atoms with Crippen molar-refractivity contribution in [2.45, 2.75) is 13.0 Å². The Balaban J connectivity index is 2.17. The number of rotatable bonds is 3. The molecule has 1 N–H and O–H groups in total. The van der Waals surface area contributed by atoms with Gasteiger partial charge in [0.2, 0.25) is 0 Å². The lowest BCUT2D eigenvalue weighted by molar-refractivity contribution is 0.0939. The lowest BCUT2D eigenvalue weighted by Gasteiger charge is -2.15. The molecular formula is C13H10BrCl2N3O. The summed E-state index contributed by atoms with van der Waals surface area (Å²) in [6, 6.07) is 8.89. The molecule has 1 unspecified atom stereocenters. The topological polar surface area (TPSA) is 54.9 Å². The first-order chi connectivity index (χ1) is 9.47. The van der Waals surface area contributed by atoms with Gasteiger partial charge in [-0.2, -0.15) is 0 Å². The van der Waals surface area contributed by atoms with Gasteiger partial charge in [-0.05, 0) is 30.7 Å². The van der Waals surface area contributed by atoms with Crippen LogP contribution in [0.15, 0.2) is 34.8 Å². The van der Waals surface area contributed by atoms with E-state index in [0.29, 0.717) is 0 Å². The van der Waals surface area contributed by atoms with Crippen molar-refractivity contribution in [1.29, 1.82) is 0 Å². The van der Waals surface area contributed by atoms with Crippen LogP contribution in [0.5, 0.6) is 0 Å². The number of aromatic nitrogens is 2. The van der Waals surface area contributed by atoms with Crippen molar-refractivity contribution < 1.29 is 4.79 Å². The molecule has 1 aromatic heterocycles. The predicted octanol–water partition coefficient (Wildman–Crippen LogP) is 4.04. The Hall–Kier alpha value is -1.17. The molecule has 0 bridgehead atoms. The summed E-state index contributed by atoms with van der Waals surface area (Å²) in [5, 5.41) is 10.2. The highest BCUT2D eigenvalue weighted by Gasteiger charge is 2.16. The van der Waals surface area contributed by atoms with Gasteiger partial charge < -0.3 is 5.32 Å². The Morgan fingerprint density at radius 3 is 2.75 bits per heavy atom. The summed E-state index contributed by atoms with van der Waals surface area (Å²) in [6.45, 7) is 1.88. The van der Waals surface area contributed by atoms with Gasteiger partial charge in [-0.3, -0.25) is 4.79 Å². The first-order valence-corrected chi connectivity index (χ1v) is 7.27. The van der Waals surface area contributed by atoms with Crippen molar-refractivity contribution in [3.05, 3.63) is 56.2 Å². The molecule has 0 aliphatic rings. The third kappa shape index (κ3) is 3.69. The van der Waals surface area contributed by atoms with Gasteiger partial charge in [0.1, 0.15) is 0 Å². The summed E-state index contributed by atoms with van der Waals surface area (Å²) in [5.41, 5.74) is 1.17. The van der Waals surface area contributed by atoms with Crippen LogP contribution in [0.2, 0.25) is 10.3 Å². The van der Waals surface area contributed by atoms with E-state index in [1.807, 2.05) is 31.2 Å². The van der Waals surface area contributed by atoms with Crippen LogP contribution in [-0.4, -0.2) is 16.1 Å². The highest BCUT2D eigenvalue weighted by atomic mass is 79.9. The third-order valence-electron chi connectivity index (χ3n) is 2.66. The zero-order chi connectivity index (χ0) is 14.7. The fraction of sp³-hybridized carbons (Fsp3) is 0.154. The average Bonchev–Trinajstić information content (AvgIpc) is 2.41. The number of nitrogens with zero attached hydrogens (tertiary/aromatic N) is 2. The molecular weight excluding hydrogens is 365 g/mol. The van der Waals surface area contributed by atoms with Gasteiger partial charge in [-0.1, -0.05) is 51.3 Å². The van der Waals surface area contributed by atoms with Gasteiger partial charge in [0.15, 0.2) is 10.3 Å². The maximum atomic E-state index is 12.2. The number of carbonyl (C=O) groups is 1. The zero-order valence-electron chi connectivity index (χ0n) is 10.4. The van der Waals surface area contributed by atoms with E-state index in [1.165, 1.54) is 6.07 Å². The van der Waals surface area contributed by atoms with Crippen LogP contribution < -0.4 is 5.32 Å². The molecule has 0 aliphatic carbocycles. The van der Waals surface area contributed by atoms with E-state index in [9.17, 15) is 4.79 Å². The second-order valence-corrected chi connectivity index (χ2v) is 5.78. The van der Waals surface area contributed by atoms with Crippen molar-refractivity contribution >= 4 is 45.0 Å². The fourth-order valence-electron chi connectivity index (χ4n) is 1.65. The molecule has 7 heteroatoms. The molecule has 0 radical (unpaired) electrons. The molecule has 0 aliphatic heterocycles. The zero-order valence-corrected chi connectivity index (χ0v) is 13.5. The van der Waals surface area contributed by atoms with Crippen LogP contribution in [0.1, 0.15) is 28.9 Å². The van der Waals surface area contributed by atoms with Crippen LogP contribution in [0, 0.1) is 0 Å². The summed E-state index contributed by atoms with van der Waals surface area (Å²) in [5.74, 6) is -0.348. The Bertz CT molecular complexity index is 651. The number of amides is 1. The molecule has 0 saturated carbocycles. The number of hydrogen-bond acceptors (Lipinski definition) is 3. The third-order valence-corrected chi connectivity index (χ3v) is 3.62. The lowest BCUT2D eigenvalue weighted by Crippen LogP contribution is -2.27. The van der Waals surface area contributed by atoms with Gasteiger partial charge >= 0.3 is 0 Å². The van der Waals surface area contributed by atoms with Gasteiger partial charge in [0.05, 0.1) is 11.6 Å². The normalized spacial score (nSPS) is 12.0. The van der Waals surface area contributed by atoms with Crippen molar-refractivity contribution in [3.8, 4) is 0 Å². The maximum absolute atomic E-state index is 12.2. The second-order valence-electron chi connectivity index (χ2n) is 4.12.